The van der Waals surface area contributed by atoms with Crippen molar-refractivity contribution in [2.45, 2.75) is 26.7 Å². The Bertz CT molecular complexity index is 381. The first-order valence-corrected chi connectivity index (χ1v) is 6.59. The van der Waals surface area contributed by atoms with E-state index in [2.05, 4.69) is 40.6 Å². The third kappa shape index (κ3) is 2.68. The van der Waals surface area contributed by atoms with Gasteiger partial charge in [-0.3, -0.25) is 0 Å². The number of nitrogens with zero attached hydrogens (tertiary/aromatic N) is 3. The molecule has 3 nitrogen and oxygen atoms in total. The molecule has 0 N–H and O–H groups in total. The van der Waals surface area contributed by atoms with Crippen molar-refractivity contribution in [3.05, 3.63) is 17.5 Å². The Kier molecular flexibility index (Phi) is 3.71. The molecule has 2 rings (SSSR count). The van der Waals surface area contributed by atoms with Crippen LogP contribution >= 0.6 is 11.7 Å². The molecule has 2 heterocycles. The van der Waals surface area contributed by atoms with Crippen LogP contribution in [0.3, 0.4) is 0 Å². The van der Waals surface area contributed by atoms with Gasteiger partial charge in [0.2, 0.25) is 0 Å². The third-order valence-corrected chi connectivity index (χ3v) is 3.37. The lowest BCUT2D eigenvalue weighted by atomic mass is 10.0. The Morgan fingerprint density at radius 1 is 1.44 bits per heavy atom. The zero-order valence-electron chi connectivity index (χ0n) is 10.2. The lowest BCUT2D eigenvalue weighted by Crippen LogP contribution is -2.25. The van der Waals surface area contributed by atoms with Gasteiger partial charge in [0.05, 0.1) is 17.4 Å². The minimum atomic E-state index is 0.643. The average molecular weight is 237 g/mol. The molecule has 0 atom stereocenters. The van der Waals surface area contributed by atoms with Crippen LogP contribution in [0.4, 0.5) is 0 Å². The molecule has 1 aromatic rings. The van der Waals surface area contributed by atoms with E-state index in [1.54, 1.807) is 0 Å². The number of hydrogen-bond acceptors (Lipinski definition) is 4. The molecule has 88 valence electrons. The highest BCUT2D eigenvalue weighted by Crippen LogP contribution is 2.23. The van der Waals surface area contributed by atoms with Crippen molar-refractivity contribution in [3.63, 3.8) is 0 Å². The number of likely N-dealkylation sites (N-methyl/N-ethyl adjacent to an activating group) is 1. The van der Waals surface area contributed by atoms with E-state index in [-0.39, 0.29) is 0 Å². The zero-order chi connectivity index (χ0) is 11.5. The molecular weight excluding hydrogens is 218 g/mol. The molecule has 0 radical (unpaired) electrons. The molecule has 0 bridgehead atoms. The zero-order valence-corrected chi connectivity index (χ0v) is 11.0. The molecule has 0 saturated carbocycles. The molecule has 0 unspecified atom stereocenters. The maximum absolute atomic E-state index is 4.46. The fourth-order valence-corrected chi connectivity index (χ4v) is 2.64. The van der Waals surface area contributed by atoms with Crippen LogP contribution in [0.15, 0.2) is 6.08 Å². The number of rotatable bonds is 3. The van der Waals surface area contributed by atoms with E-state index < -0.39 is 0 Å². The van der Waals surface area contributed by atoms with Gasteiger partial charge >= 0.3 is 0 Å². The normalized spacial score (nSPS) is 17.9. The summed E-state index contributed by atoms with van der Waals surface area (Å²) >= 11 is 1.34. The van der Waals surface area contributed by atoms with E-state index in [9.17, 15) is 0 Å². The largest absolute Gasteiger partial charge is 0.302 e. The lowest BCUT2D eigenvalue weighted by molar-refractivity contribution is 0.372. The van der Waals surface area contributed by atoms with Crippen molar-refractivity contribution in [2.24, 2.45) is 5.92 Å². The van der Waals surface area contributed by atoms with E-state index in [1.165, 1.54) is 23.0 Å². The van der Waals surface area contributed by atoms with Gasteiger partial charge in [-0.25, -0.2) is 0 Å². The molecule has 0 saturated heterocycles. The van der Waals surface area contributed by atoms with Crippen LogP contribution in [0, 0.1) is 5.92 Å². The highest BCUT2D eigenvalue weighted by atomic mass is 32.1. The fraction of sp³-hybridized carbons (Fsp3) is 0.667. The minimum absolute atomic E-state index is 0.643. The Morgan fingerprint density at radius 3 is 2.94 bits per heavy atom. The van der Waals surface area contributed by atoms with Crippen LogP contribution in [0.5, 0.6) is 0 Å². The van der Waals surface area contributed by atoms with Crippen LogP contribution in [-0.2, 0) is 6.42 Å². The summed E-state index contributed by atoms with van der Waals surface area (Å²) in [6.07, 6.45) is 4.48. The van der Waals surface area contributed by atoms with Gasteiger partial charge < -0.3 is 4.90 Å². The third-order valence-electron chi connectivity index (χ3n) is 2.80. The lowest BCUT2D eigenvalue weighted by Gasteiger charge is -2.22. The molecule has 1 aromatic heterocycles. The monoisotopic (exact) mass is 237 g/mol. The summed E-state index contributed by atoms with van der Waals surface area (Å²) in [4.78, 5) is 2.34. The van der Waals surface area contributed by atoms with E-state index >= 15 is 0 Å². The van der Waals surface area contributed by atoms with E-state index in [1.807, 2.05) is 0 Å². The summed E-state index contributed by atoms with van der Waals surface area (Å²) in [5, 5.41) is 0. The van der Waals surface area contributed by atoms with Gasteiger partial charge in [-0.15, -0.1) is 0 Å². The first-order chi connectivity index (χ1) is 7.66. The molecule has 0 aliphatic carbocycles. The Balaban J connectivity index is 2.20. The highest BCUT2D eigenvalue weighted by molar-refractivity contribution is 6.99. The molecule has 0 aromatic carbocycles. The predicted octanol–water partition coefficient (Wildman–Crippen LogP) is 2.46. The molecule has 16 heavy (non-hydrogen) atoms. The van der Waals surface area contributed by atoms with Crippen LogP contribution < -0.4 is 0 Å². The van der Waals surface area contributed by atoms with Crippen molar-refractivity contribution in [1.29, 1.82) is 0 Å². The molecule has 0 fully saturated rings. The molecule has 1 aliphatic rings. The van der Waals surface area contributed by atoms with Crippen molar-refractivity contribution < 1.29 is 0 Å². The maximum Gasteiger partial charge on any atom is 0.104 e. The predicted molar refractivity (Wildman–Crippen MR) is 68.5 cm³/mol. The van der Waals surface area contributed by atoms with Gasteiger partial charge in [0.15, 0.2) is 0 Å². The summed E-state index contributed by atoms with van der Waals surface area (Å²) < 4.78 is 8.89. The van der Waals surface area contributed by atoms with Crippen LogP contribution in [0.1, 0.15) is 31.7 Å². The van der Waals surface area contributed by atoms with Crippen molar-refractivity contribution in [2.75, 3.05) is 20.1 Å². The summed E-state index contributed by atoms with van der Waals surface area (Å²) in [5.74, 6) is 0.643. The second kappa shape index (κ2) is 5.06. The first kappa shape index (κ1) is 11.7. The summed E-state index contributed by atoms with van der Waals surface area (Å²) in [5.41, 5.74) is 3.69. The molecular formula is C12H19N3S. The second-order valence-electron chi connectivity index (χ2n) is 4.91. The van der Waals surface area contributed by atoms with Crippen LogP contribution in [-0.4, -0.2) is 33.8 Å². The van der Waals surface area contributed by atoms with Gasteiger partial charge in [-0.2, -0.15) is 8.75 Å². The quantitative estimate of drug-likeness (QED) is 0.808. The van der Waals surface area contributed by atoms with E-state index in [0.29, 0.717) is 5.92 Å². The maximum atomic E-state index is 4.46. The SMILES string of the molecule is CC(C)Cc1nsnc1C1=CCCN(C)C1. The van der Waals surface area contributed by atoms with E-state index in [0.717, 1.165) is 31.6 Å². The number of aromatic nitrogens is 2. The summed E-state index contributed by atoms with van der Waals surface area (Å²) in [7, 11) is 2.16. The van der Waals surface area contributed by atoms with Crippen LogP contribution in [0.2, 0.25) is 0 Å². The van der Waals surface area contributed by atoms with Gasteiger partial charge in [-0.05, 0) is 31.4 Å². The molecule has 1 aliphatic heterocycles. The van der Waals surface area contributed by atoms with Gasteiger partial charge in [0.1, 0.15) is 5.69 Å². The molecule has 0 amide bonds. The average Bonchev–Trinajstić information content (AvgIpc) is 2.65. The fourth-order valence-electron chi connectivity index (χ4n) is 2.04. The Labute approximate surface area is 102 Å². The van der Waals surface area contributed by atoms with Gasteiger partial charge in [-0.1, -0.05) is 19.9 Å². The van der Waals surface area contributed by atoms with Gasteiger partial charge in [0.25, 0.3) is 0 Å². The topological polar surface area (TPSA) is 29.0 Å². The molecule has 0 spiro atoms. The van der Waals surface area contributed by atoms with Crippen molar-refractivity contribution >= 4 is 17.3 Å². The second-order valence-corrected chi connectivity index (χ2v) is 5.44. The Hall–Kier alpha value is -0.740. The minimum Gasteiger partial charge on any atom is -0.302 e. The standard InChI is InChI=1S/C12H19N3S/c1-9(2)7-11-12(14-16-13-11)10-5-4-6-15(3)8-10/h5,9H,4,6-8H2,1-3H3. The van der Waals surface area contributed by atoms with Gasteiger partial charge in [0, 0.05) is 13.1 Å². The first-order valence-electron chi connectivity index (χ1n) is 5.86. The number of hydrogen-bond donors (Lipinski definition) is 0. The Morgan fingerprint density at radius 2 is 2.25 bits per heavy atom. The van der Waals surface area contributed by atoms with Crippen molar-refractivity contribution in [3.8, 4) is 0 Å². The summed E-state index contributed by atoms with van der Waals surface area (Å²) in [6.45, 7) is 6.62. The summed E-state index contributed by atoms with van der Waals surface area (Å²) in [6, 6.07) is 0. The molecule has 4 heteroatoms. The smallest absolute Gasteiger partial charge is 0.104 e. The van der Waals surface area contributed by atoms with Crippen LogP contribution in [0.25, 0.3) is 5.57 Å². The highest BCUT2D eigenvalue weighted by Gasteiger charge is 2.17. The van der Waals surface area contributed by atoms with Crippen molar-refractivity contribution in [1.82, 2.24) is 13.6 Å². The van der Waals surface area contributed by atoms with E-state index in [4.69, 9.17) is 0 Å².